The first-order valence-corrected chi connectivity index (χ1v) is 12.7. The van der Waals surface area contributed by atoms with Gasteiger partial charge in [0.2, 0.25) is 11.9 Å². The highest BCUT2D eigenvalue weighted by Crippen LogP contribution is 2.34. The SMILES string of the molecule is CN1CCN(c2ccc(Nc3ncc4nc(N)n(C5CCCC5)c4n3)cc2)CC1.Fc1ccc(F)cc1. The average molecular weight is 507 g/mol. The minimum Gasteiger partial charge on any atom is -0.369 e. The second kappa shape index (κ2) is 11.1. The molecule has 2 aliphatic rings. The van der Waals surface area contributed by atoms with Crippen LogP contribution in [-0.4, -0.2) is 57.6 Å². The summed E-state index contributed by atoms with van der Waals surface area (Å²) in [7, 11) is 2.17. The number of piperazine rings is 1. The second-order valence-corrected chi connectivity index (χ2v) is 9.58. The fourth-order valence-electron chi connectivity index (χ4n) is 4.87. The number of fused-ring (bicyclic) bond motifs is 1. The number of anilines is 4. The highest BCUT2D eigenvalue weighted by atomic mass is 19.1. The van der Waals surface area contributed by atoms with Crippen molar-refractivity contribution in [1.29, 1.82) is 0 Å². The number of imidazole rings is 1. The zero-order valence-corrected chi connectivity index (χ0v) is 20.9. The van der Waals surface area contributed by atoms with Crippen molar-refractivity contribution < 1.29 is 8.78 Å². The van der Waals surface area contributed by atoms with Crippen molar-refractivity contribution in [2.45, 2.75) is 31.7 Å². The summed E-state index contributed by atoms with van der Waals surface area (Å²) in [4.78, 5) is 18.4. The molecule has 3 heterocycles. The van der Waals surface area contributed by atoms with Crippen LogP contribution in [0.25, 0.3) is 11.2 Å². The Bertz CT molecular complexity index is 1290. The predicted molar refractivity (Wildman–Crippen MR) is 143 cm³/mol. The van der Waals surface area contributed by atoms with Gasteiger partial charge in [-0.25, -0.2) is 18.7 Å². The van der Waals surface area contributed by atoms with Gasteiger partial charge in [0.05, 0.1) is 6.20 Å². The number of aromatic nitrogens is 4. The summed E-state index contributed by atoms with van der Waals surface area (Å²) in [5, 5.41) is 3.33. The number of hydrogen-bond donors (Lipinski definition) is 2. The molecule has 0 unspecified atom stereocenters. The monoisotopic (exact) mass is 506 g/mol. The van der Waals surface area contributed by atoms with Gasteiger partial charge in [0.1, 0.15) is 17.2 Å². The quantitative estimate of drug-likeness (QED) is 0.403. The van der Waals surface area contributed by atoms with Crippen LogP contribution in [0, 0.1) is 11.6 Å². The van der Waals surface area contributed by atoms with Gasteiger partial charge in [0.25, 0.3) is 0 Å². The topological polar surface area (TPSA) is 88.1 Å². The zero-order chi connectivity index (χ0) is 25.8. The standard InChI is InChI=1S/C21H28N8.C6H4F2/c1-27-10-12-28(13-11-27)16-8-6-15(7-9-16)24-21-23-14-18-19(26-21)29(20(22)25-18)17-4-2-3-5-17;7-5-1-2-6(8)4-3-5/h6-9,14,17H,2-5,10-13H2,1H3,(H2,22,25)(H,23,24,26);1-4H. The number of nitrogen functional groups attached to an aromatic ring is 1. The van der Waals surface area contributed by atoms with Crippen LogP contribution < -0.4 is 16.0 Å². The average Bonchev–Trinajstić information content (AvgIpc) is 3.54. The van der Waals surface area contributed by atoms with E-state index in [2.05, 4.69) is 61.0 Å². The van der Waals surface area contributed by atoms with Gasteiger partial charge in [-0.3, -0.25) is 4.57 Å². The lowest BCUT2D eigenvalue weighted by molar-refractivity contribution is 0.313. The van der Waals surface area contributed by atoms with E-state index in [1.807, 2.05) is 0 Å². The predicted octanol–water partition coefficient (Wildman–Crippen LogP) is 4.98. The van der Waals surface area contributed by atoms with Crippen molar-refractivity contribution in [1.82, 2.24) is 24.4 Å². The van der Waals surface area contributed by atoms with E-state index in [0.717, 1.165) is 80.1 Å². The molecule has 2 aromatic heterocycles. The molecule has 1 saturated carbocycles. The van der Waals surface area contributed by atoms with Gasteiger partial charge < -0.3 is 20.9 Å². The molecular formula is C27H32F2N8. The van der Waals surface area contributed by atoms with Crippen molar-refractivity contribution in [3.8, 4) is 0 Å². The number of benzene rings is 2. The van der Waals surface area contributed by atoms with Gasteiger partial charge in [-0.05, 0) is 68.4 Å². The molecule has 1 aliphatic heterocycles. The first-order chi connectivity index (χ1) is 18.0. The van der Waals surface area contributed by atoms with Gasteiger partial charge in [-0.1, -0.05) is 12.8 Å². The van der Waals surface area contributed by atoms with Crippen LogP contribution in [0.15, 0.2) is 54.7 Å². The fraction of sp³-hybridized carbons (Fsp3) is 0.370. The molecule has 0 spiro atoms. The van der Waals surface area contributed by atoms with Gasteiger partial charge in [0.15, 0.2) is 5.65 Å². The van der Waals surface area contributed by atoms with Crippen LogP contribution >= 0.6 is 0 Å². The third-order valence-corrected chi connectivity index (χ3v) is 6.95. The highest BCUT2D eigenvalue weighted by Gasteiger charge is 2.23. The maximum Gasteiger partial charge on any atom is 0.229 e. The van der Waals surface area contributed by atoms with Crippen molar-refractivity contribution in [3.05, 3.63) is 66.4 Å². The first-order valence-electron chi connectivity index (χ1n) is 12.7. The molecule has 2 fully saturated rings. The smallest absolute Gasteiger partial charge is 0.229 e. The normalized spacial score (nSPS) is 16.6. The summed E-state index contributed by atoms with van der Waals surface area (Å²) in [6.45, 7) is 4.34. The minimum absolute atomic E-state index is 0.394. The molecule has 1 aliphatic carbocycles. The van der Waals surface area contributed by atoms with Crippen LogP contribution in [0.1, 0.15) is 31.7 Å². The van der Waals surface area contributed by atoms with Crippen molar-refractivity contribution in [2.24, 2.45) is 0 Å². The lowest BCUT2D eigenvalue weighted by Crippen LogP contribution is -2.44. The van der Waals surface area contributed by atoms with Crippen LogP contribution in [0.2, 0.25) is 0 Å². The molecule has 0 atom stereocenters. The summed E-state index contributed by atoms with van der Waals surface area (Å²) < 4.78 is 25.9. The lowest BCUT2D eigenvalue weighted by atomic mass is 10.2. The summed E-state index contributed by atoms with van der Waals surface area (Å²) in [5.74, 6) is 0.289. The number of nitrogens with zero attached hydrogens (tertiary/aromatic N) is 6. The Kier molecular flexibility index (Phi) is 7.45. The Labute approximate surface area is 215 Å². The van der Waals surface area contributed by atoms with E-state index in [4.69, 9.17) is 10.7 Å². The fourth-order valence-corrected chi connectivity index (χ4v) is 4.87. The van der Waals surface area contributed by atoms with Crippen LogP contribution in [-0.2, 0) is 0 Å². The van der Waals surface area contributed by atoms with E-state index in [-0.39, 0.29) is 0 Å². The Balaban J connectivity index is 0.000000301. The molecule has 0 amide bonds. The van der Waals surface area contributed by atoms with Crippen LogP contribution in [0.4, 0.5) is 32.1 Å². The Morgan fingerprint density at radius 1 is 0.865 bits per heavy atom. The number of nitrogens with one attached hydrogen (secondary N) is 1. The van der Waals surface area contributed by atoms with Gasteiger partial charge >= 0.3 is 0 Å². The molecule has 8 nitrogen and oxygen atoms in total. The Morgan fingerprint density at radius 3 is 2.11 bits per heavy atom. The maximum atomic E-state index is 11.9. The van der Waals surface area contributed by atoms with E-state index < -0.39 is 11.6 Å². The molecule has 37 heavy (non-hydrogen) atoms. The highest BCUT2D eigenvalue weighted by molar-refractivity contribution is 5.75. The summed E-state index contributed by atoms with van der Waals surface area (Å²) >= 11 is 0. The summed E-state index contributed by atoms with van der Waals surface area (Å²) in [6, 6.07) is 13.2. The molecule has 10 heteroatoms. The largest absolute Gasteiger partial charge is 0.369 e. The van der Waals surface area contributed by atoms with E-state index >= 15 is 0 Å². The van der Waals surface area contributed by atoms with Crippen molar-refractivity contribution >= 4 is 34.4 Å². The number of likely N-dealkylation sites (N-methyl/N-ethyl adjacent to an activating group) is 1. The molecule has 0 radical (unpaired) electrons. The molecule has 194 valence electrons. The summed E-state index contributed by atoms with van der Waals surface area (Å²) in [6.07, 6.45) is 6.50. The summed E-state index contributed by atoms with van der Waals surface area (Å²) in [5.41, 5.74) is 9.99. The zero-order valence-electron chi connectivity index (χ0n) is 20.9. The van der Waals surface area contributed by atoms with E-state index in [1.54, 1.807) is 6.20 Å². The second-order valence-electron chi connectivity index (χ2n) is 9.58. The third-order valence-electron chi connectivity index (χ3n) is 6.95. The maximum absolute atomic E-state index is 11.9. The minimum atomic E-state index is -0.411. The van der Waals surface area contributed by atoms with Gasteiger partial charge in [-0.2, -0.15) is 4.98 Å². The van der Waals surface area contributed by atoms with Gasteiger partial charge in [0, 0.05) is 43.6 Å². The van der Waals surface area contributed by atoms with Crippen molar-refractivity contribution in [2.75, 3.05) is 49.2 Å². The molecular weight excluding hydrogens is 474 g/mol. The number of halogens is 2. The molecule has 6 rings (SSSR count). The third kappa shape index (κ3) is 5.96. The molecule has 2 aromatic carbocycles. The van der Waals surface area contributed by atoms with E-state index in [1.165, 1.54) is 18.5 Å². The van der Waals surface area contributed by atoms with Crippen LogP contribution in [0.3, 0.4) is 0 Å². The van der Waals surface area contributed by atoms with Crippen molar-refractivity contribution in [3.63, 3.8) is 0 Å². The Morgan fingerprint density at radius 2 is 1.49 bits per heavy atom. The first kappa shape index (κ1) is 24.9. The van der Waals surface area contributed by atoms with E-state index in [0.29, 0.717) is 17.9 Å². The molecule has 1 saturated heterocycles. The van der Waals surface area contributed by atoms with E-state index in [9.17, 15) is 8.78 Å². The number of nitrogens with two attached hydrogens (primary N) is 1. The number of rotatable bonds is 4. The molecule has 4 aromatic rings. The lowest BCUT2D eigenvalue weighted by Gasteiger charge is -2.34. The Hall–Kier alpha value is -3.79. The van der Waals surface area contributed by atoms with Gasteiger partial charge in [-0.15, -0.1) is 0 Å². The molecule has 0 bridgehead atoms. The molecule has 3 N–H and O–H groups in total. The number of hydrogen-bond acceptors (Lipinski definition) is 7. The van der Waals surface area contributed by atoms with Crippen LogP contribution in [0.5, 0.6) is 0 Å².